The number of anilines is 4. The number of carbonyl (C=O) groups is 2. The summed E-state index contributed by atoms with van der Waals surface area (Å²) in [5.41, 5.74) is 5.63. The van der Waals surface area contributed by atoms with Crippen molar-refractivity contribution in [2.45, 2.75) is 57.0 Å². The quantitative estimate of drug-likeness (QED) is 0.139. The Morgan fingerprint density at radius 1 is 0.730 bits per heavy atom. The number of piperazine rings is 1. The highest BCUT2D eigenvalue weighted by Crippen LogP contribution is 2.44. The first-order chi connectivity index (χ1) is 30.7. The molecule has 322 valence electrons. The van der Waals surface area contributed by atoms with Crippen molar-refractivity contribution >= 4 is 121 Å². The van der Waals surface area contributed by atoms with Gasteiger partial charge in [-0.15, -0.1) is 32.9 Å². The molecule has 0 radical (unpaired) electrons. The van der Waals surface area contributed by atoms with Crippen LogP contribution in [0.5, 0.6) is 11.5 Å². The largest absolute Gasteiger partial charge is 0.494 e. The second kappa shape index (κ2) is 16.1. The summed E-state index contributed by atoms with van der Waals surface area (Å²) in [5, 5.41) is 26.5. The Bertz CT molecular complexity index is 3090. The van der Waals surface area contributed by atoms with Crippen LogP contribution in [0.2, 0.25) is 0 Å². The number of methoxy groups -OCH3 is 2. The lowest BCUT2D eigenvalue weighted by Gasteiger charge is -2.35. The molecule has 2 aromatic carbocycles. The highest BCUT2D eigenvalue weighted by atomic mass is 32.1. The molecule has 0 unspecified atom stereocenters. The van der Waals surface area contributed by atoms with Crippen LogP contribution >= 0.6 is 45.7 Å². The van der Waals surface area contributed by atoms with E-state index in [9.17, 15) is 14.7 Å². The lowest BCUT2D eigenvalue weighted by molar-refractivity contribution is -0.142. The monoisotopic (exact) mass is 920 g/mol. The molecule has 4 aliphatic rings. The van der Waals surface area contributed by atoms with Crippen LogP contribution in [-0.2, 0) is 35.3 Å². The number of nitrogens with one attached hydrogen (secondary N) is 2. The molecule has 3 N–H and O–H groups in total. The molecule has 63 heavy (non-hydrogen) atoms. The van der Waals surface area contributed by atoms with Crippen molar-refractivity contribution in [2.24, 2.45) is 11.8 Å². The second-order valence-electron chi connectivity index (χ2n) is 16.3. The van der Waals surface area contributed by atoms with E-state index in [4.69, 9.17) is 9.47 Å². The molecule has 4 atom stereocenters. The fraction of sp³-hybridized carbons (Fsp3) is 0.381. The summed E-state index contributed by atoms with van der Waals surface area (Å²) in [7, 11) is 5.43. The van der Waals surface area contributed by atoms with Crippen molar-refractivity contribution in [3.63, 3.8) is 0 Å². The van der Waals surface area contributed by atoms with Gasteiger partial charge in [0.25, 0.3) is 0 Å². The molecule has 17 nitrogen and oxygen atoms in total. The molecule has 2 aliphatic carbocycles. The molecule has 8 aromatic rings. The van der Waals surface area contributed by atoms with Gasteiger partial charge in [-0.3, -0.25) is 14.5 Å². The lowest BCUT2D eigenvalue weighted by Crippen LogP contribution is -2.49. The van der Waals surface area contributed by atoms with Gasteiger partial charge in [0, 0.05) is 53.0 Å². The van der Waals surface area contributed by atoms with Gasteiger partial charge in [0.1, 0.15) is 56.5 Å². The standard InChI is InChI=1S/C24H25N7O2S2.C18H15N5O3S2/c1-30-9-14-6-13(30)10-31(14)24(32)12-3-4-15-19(5-12)34-23-21(15)22(25-11-26-23)27-16-8-20-17(28-29-35-20)7-18(16)33-2;1-26-12-5-11-14(28-23-22-11)6-10(12)21-16-15-9-3-2-8(18(24)25)4-13(9)27-17(15)20-7-19-16/h7-8,11-14H,3-6,9-10H2,1-2H3,(H,25,26,27);5-8H,2-4H2,1H3,(H,24,25)(H,19,20,21)/t12-,13-,14-;8-/m00/s1. The maximum atomic E-state index is 13.4. The Balaban J connectivity index is 0.000000145. The van der Waals surface area contributed by atoms with Crippen LogP contribution in [0.15, 0.2) is 36.9 Å². The number of carboxylic acids is 1. The van der Waals surface area contributed by atoms with Crippen LogP contribution < -0.4 is 20.1 Å². The Labute approximate surface area is 375 Å². The maximum Gasteiger partial charge on any atom is 0.306 e. The van der Waals surface area contributed by atoms with Crippen molar-refractivity contribution in [1.29, 1.82) is 0 Å². The molecule has 2 saturated heterocycles. The van der Waals surface area contributed by atoms with Gasteiger partial charge in [-0.05, 0) is 98.3 Å². The number of ether oxygens (including phenoxy) is 2. The van der Waals surface area contributed by atoms with Crippen LogP contribution in [0.4, 0.5) is 23.0 Å². The van der Waals surface area contributed by atoms with Gasteiger partial charge in [0.05, 0.1) is 51.7 Å². The van der Waals surface area contributed by atoms with Crippen LogP contribution in [0.1, 0.15) is 40.1 Å². The average Bonchev–Trinajstić information content (AvgIpc) is 4.16. The van der Waals surface area contributed by atoms with E-state index in [1.807, 2.05) is 24.3 Å². The number of nitrogens with zero attached hydrogens (tertiary/aromatic N) is 10. The fourth-order valence-electron chi connectivity index (χ4n) is 9.61. The van der Waals surface area contributed by atoms with Crippen LogP contribution in [0, 0.1) is 11.8 Å². The molecule has 0 spiro atoms. The first-order valence-electron chi connectivity index (χ1n) is 20.6. The normalized spacial score (nSPS) is 20.5. The number of carbonyl (C=O) groups excluding carboxylic acids is 1. The van der Waals surface area contributed by atoms with Crippen molar-refractivity contribution in [1.82, 2.24) is 48.9 Å². The molecule has 2 fully saturated rings. The maximum absolute atomic E-state index is 13.4. The first-order valence-corrected chi connectivity index (χ1v) is 23.8. The third-order valence-electron chi connectivity index (χ3n) is 12.8. The number of aromatic nitrogens is 8. The minimum atomic E-state index is -0.733. The van der Waals surface area contributed by atoms with E-state index < -0.39 is 5.97 Å². The average molecular weight is 921 g/mol. The molecule has 21 heteroatoms. The number of hydrogen-bond acceptors (Lipinski definition) is 19. The van der Waals surface area contributed by atoms with Gasteiger partial charge in [-0.2, -0.15) is 0 Å². The number of thiophene rings is 2. The molecule has 8 heterocycles. The van der Waals surface area contributed by atoms with E-state index in [0.717, 1.165) is 107 Å². The number of carboxylic acid groups (broad SMARTS) is 1. The zero-order valence-electron chi connectivity index (χ0n) is 34.3. The van der Waals surface area contributed by atoms with E-state index in [1.54, 1.807) is 43.2 Å². The summed E-state index contributed by atoms with van der Waals surface area (Å²) in [6, 6.07) is 8.62. The predicted molar refractivity (Wildman–Crippen MR) is 245 cm³/mol. The number of aliphatic carboxylic acids is 1. The number of likely N-dealkylation sites (N-methyl/N-ethyl adjacent to an activating group) is 1. The molecular weight excluding hydrogens is 881 g/mol. The molecule has 6 aromatic heterocycles. The van der Waals surface area contributed by atoms with Gasteiger partial charge in [-0.1, -0.05) is 8.98 Å². The van der Waals surface area contributed by atoms with Crippen LogP contribution in [0.3, 0.4) is 0 Å². The van der Waals surface area contributed by atoms with Crippen molar-refractivity contribution in [3.8, 4) is 11.5 Å². The van der Waals surface area contributed by atoms with E-state index in [-0.39, 0.29) is 11.8 Å². The van der Waals surface area contributed by atoms with Gasteiger partial charge in [0.2, 0.25) is 5.91 Å². The molecule has 2 bridgehead atoms. The molecule has 1 amide bonds. The smallest absolute Gasteiger partial charge is 0.306 e. The summed E-state index contributed by atoms with van der Waals surface area (Å²) < 4.78 is 21.1. The molecular formula is C42H40N12O5S4. The Morgan fingerprint density at radius 3 is 1.76 bits per heavy atom. The number of rotatable bonds is 8. The Morgan fingerprint density at radius 2 is 1.27 bits per heavy atom. The zero-order valence-corrected chi connectivity index (χ0v) is 37.6. The number of hydrogen-bond donors (Lipinski definition) is 3. The highest BCUT2D eigenvalue weighted by molar-refractivity contribution is 7.19. The van der Waals surface area contributed by atoms with Crippen molar-refractivity contribution in [2.75, 3.05) is 45.0 Å². The highest BCUT2D eigenvalue weighted by Gasteiger charge is 2.45. The minimum Gasteiger partial charge on any atom is -0.494 e. The van der Waals surface area contributed by atoms with Gasteiger partial charge < -0.3 is 30.1 Å². The summed E-state index contributed by atoms with van der Waals surface area (Å²) >= 11 is 5.92. The number of aryl methyl sites for hydroxylation is 2. The Kier molecular flexibility index (Phi) is 10.2. The zero-order chi connectivity index (χ0) is 42.9. The van der Waals surface area contributed by atoms with Crippen molar-refractivity contribution in [3.05, 3.63) is 57.8 Å². The summed E-state index contributed by atoms with van der Waals surface area (Å²) in [6.45, 7) is 1.89. The Hall–Kier alpha value is -5.74. The number of amides is 1. The predicted octanol–water partition coefficient (Wildman–Crippen LogP) is 7.11. The van der Waals surface area contributed by atoms with Gasteiger partial charge in [-0.25, -0.2) is 19.9 Å². The van der Waals surface area contributed by atoms with Crippen molar-refractivity contribution < 1.29 is 24.2 Å². The second-order valence-corrected chi connectivity index (χ2v) is 20.1. The van der Waals surface area contributed by atoms with E-state index in [2.05, 4.69) is 66.6 Å². The van der Waals surface area contributed by atoms with Crippen LogP contribution in [-0.4, -0.2) is 112 Å². The molecule has 12 rings (SSSR count). The number of benzene rings is 2. The third kappa shape index (κ3) is 7.14. The number of fused-ring (bicyclic) bond motifs is 10. The topological polar surface area (TPSA) is 206 Å². The molecule has 0 saturated carbocycles. The third-order valence-corrected chi connectivity index (χ3v) is 16.5. The number of likely N-dealkylation sites (tertiary alicyclic amines) is 2. The van der Waals surface area contributed by atoms with Gasteiger partial charge in [0.15, 0.2) is 0 Å². The summed E-state index contributed by atoms with van der Waals surface area (Å²) in [4.78, 5) is 51.6. The van der Waals surface area contributed by atoms with E-state index >= 15 is 0 Å². The van der Waals surface area contributed by atoms with Gasteiger partial charge >= 0.3 is 5.97 Å². The van der Waals surface area contributed by atoms with E-state index in [0.29, 0.717) is 54.6 Å². The SMILES string of the molecule is COc1cc2nnsc2cc1Nc1ncnc2sc3c(c12)CC[C@H](C(=O)N1C[C@@H]2C[C@H]1CN2C)C3.COc1cc2nnsc2cc1Nc1ncnc2sc3c(c12)CC[C@H](C(=O)O)C3. The minimum absolute atomic E-state index is 0.0610. The fourth-order valence-corrected chi connectivity index (χ4v) is 13.3. The summed E-state index contributed by atoms with van der Waals surface area (Å²) in [5.74, 6) is 2.16. The lowest BCUT2D eigenvalue weighted by atomic mass is 9.86. The van der Waals surface area contributed by atoms with E-state index in [1.165, 1.54) is 39.8 Å². The molecule has 2 aliphatic heterocycles. The summed E-state index contributed by atoms with van der Waals surface area (Å²) in [6.07, 6.45) is 8.68. The first kappa shape index (κ1) is 40.1. The van der Waals surface area contributed by atoms with Crippen LogP contribution in [0.25, 0.3) is 40.9 Å².